The quantitative estimate of drug-likeness (QED) is 0.458. The Balaban J connectivity index is 1.84. The van der Waals surface area contributed by atoms with Gasteiger partial charge in [0.25, 0.3) is 0 Å². The molecule has 0 radical (unpaired) electrons. The Morgan fingerprint density at radius 2 is 1.83 bits per heavy atom. The van der Waals surface area contributed by atoms with Crippen molar-refractivity contribution in [2.24, 2.45) is 0 Å². The molecule has 1 aliphatic carbocycles. The van der Waals surface area contributed by atoms with Crippen molar-refractivity contribution in [1.82, 2.24) is 0 Å². The highest BCUT2D eigenvalue weighted by Crippen LogP contribution is 2.49. The highest BCUT2D eigenvalue weighted by Gasteiger charge is 2.29. The first kappa shape index (κ1) is 22.9. The van der Waals surface area contributed by atoms with E-state index in [4.69, 9.17) is 13.8 Å². The smallest absolute Gasteiger partial charge is 0.367 e. The highest BCUT2D eigenvalue weighted by atomic mass is 31.2. The molecule has 0 saturated heterocycles. The average molecular weight is 432 g/mol. The zero-order chi connectivity index (χ0) is 21.9. The van der Waals surface area contributed by atoms with Gasteiger partial charge < -0.3 is 18.9 Å². The lowest BCUT2D eigenvalue weighted by atomic mass is 9.87. The standard InChI is InChI=1S/C24H33O5P/c1-6-28-30(26,29-7-2)15-27-20-12-17(5)24-19(13-20)8-10-21(24)18-9-11-23(25)22(14-18)16(3)4/h9,11-14,16,21,25H,6-8,10,15H2,1-5H3/t21-/m1/s1. The summed E-state index contributed by atoms with van der Waals surface area (Å²) in [5, 5.41) is 10.2. The lowest BCUT2D eigenvalue weighted by molar-refractivity contribution is 0.197. The van der Waals surface area contributed by atoms with Gasteiger partial charge in [0.1, 0.15) is 11.5 Å². The second-order valence-electron chi connectivity index (χ2n) is 8.10. The van der Waals surface area contributed by atoms with Crippen LogP contribution in [0.4, 0.5) is 0 Å². The van der Waals surface area contributed by atoms with Crippen LogP contribution in [0, 0.1) is 6.92 Å². The molecule has 0 bridgehead atoms. The van der Waals surface area contributed by atoms with E-state index >= 15 is 0 Å². The van der Waals surface area contributed by atoms with Crippen LogP contribution in [0.3, 0.4) is 0 Å². The summed E-state index contributed by atoms with van der Waals surface area (Å²) in [5.41, 5.74) is 5.98. The summed E-state index contributed by atoms with van der Waals surface area (Å²) < 4.78 is 29.1. The van der Waals surface area contributed by atoms with Crippen LogP contribution in [-0.4, -0.2) is 24.7 Å². The summed E-state index contributed by atoms with van der Waals surface area (Å²) in [6.07, 6.45) is 1.90. The molecule has 6 heteroatoms. The van der Waals surface area contributed by atoms with Crippen molar-refractivity contribution in [2.75, 3.05) is 19.6 Å². The van der Waals surface area contributed by atoms with Gasteiger partial charge in [0.2, 0.25) is 0 Å². The zero-order valence-corrected chi connectivity index (χ0v) is 19.5. The minimum atomic E-state index is -3.25. The number of phenolic OH excluding ortho intramolecular Hbond substituents is 1. The number of benzene rings is 2. The summed E-state index contributed by atoms with van der Waals surface area (Å²) in [7, 11) is -3.25. The molecule has 164 valence electrons. The second-order valence-corrected chi connectivity index (χ2v) is 10.1. The third-order valence-corrected chi connectivity index (χ3v) is 7.36. The molecule has 0 aromatic heterocycles. The van der Waals surface area contributed by atoms with Crippen molar-refractivity contribution in [1.29, 1.82) is 0 Å². The number of hydrogen-bond donors (Lipinski definition) is 1. The van der Waals surface area contributed by atoms with E-state index in [1.807, 2.05) is 24.3 Å². The molecule has 5 nitrogen and oxygen atoms in total. The van der Waals surface area contributed by atoms with Gasteiger partial charge in [-0.15, -0.1) is 0 Å². The monoisotopic (exact) mass is 432 g/mol. The van der Waals surface area contributed by atoms with Gasteiger partial charge in [-0.25, -0.2) is 0 Å². The molecule has 0 heterocycles. The number of aryl methyl sites for hydroxylation is 2. The van der Waals surface area contributed by atoms with Gasteiger partial charge in [-0.3, -0.25) is 4.57 Å². The molecule has 30 heavy (non-hydrogen) atoms. The van der Waals surface area contributed by atoms with Crippen LogP contribution >= 0.6 is 7.60 Å². The molecule has 1 N–H and O–H groups in total. The SMILES string of the molecule is CCOP(=O)(COc1cc(C)c2c(c1)CC[C@@H]2c1ccc(O)c(C(C)C)c1)OCC. The summed E-state index contributed by atoms with van der Waals surface area (Å²) in [4.78, 5) is 0. The Bertz CT molecular complexity index is 927. The summed E-state index contributed by atoms with van der Waals surface area (Å²) in [6, 6.07) is 10.0. The number of ether oxygens (including phenoxy) is 1. The van der Waals surface area contributed by atoms with Crippen molar-refractivity contribution >= 4 is 7.60 Å². The molecule has 2 aromatic carbocycles. The van der Waals surface area contributed by atoms with Gasteiger partial charge in [-0.2, -0.15) is 0 Å². The van der Waals surface area contributed by atoms with E-state index in [0.29, 0.717) is 30.6 Å². The van der Waals surface area contributed by atoms with Crippen molar-refractivity contribution in [3.05, 3.63) is 58.1 Å². The van der Waals surface area contributed by atoms with E-state index in [1.165, 1.54) is 16.7 Å². The molecular weight excluding hydrogens is 399 g/mol. The van der Waals surface area contributed by atoms with Crippen LogP contribution < -0.4 is 4.74 Å². The van der Waals surface area contributed by atoms with Crippen LogP contribution in [-0.2, 0) is 20.0 Å². The molecule has 3 rings (SSSR count). The fourth-order valence-electron chi connectivity index (χ4n) is 4.31. The van der Waals surface area contributed by atoms with Crippen molar-refractivity contribution in [3.63, 3.8) is 0 Å². The van der Waals surface area contributed by atoms with Crippen molar-refractivity contribution < 1.29 is 23.5 Å². The average Bonchev–Trinajstić information content (AvgIpc) is 3.12. The van der Waals surface area contributed by atoms with E-state index in [1.54, 1.807) is 13.8 Å². The van der Waals surface area contributed by atoms with E-state index in [9.17, 15) is 9.67 Å². The molecule has 2 aromatic rings. The van der Waals surface area contributed by atoms with Crippen LogP contribution in [0.2, 0.25) is 0 Å². The Morgan fingerprint density at radius 1 is 1.13 bits per heavy atom. The fraction of sp³-hybridized carbons (Fsp3) is 0.500. The van der Waals surface area contributed by atoms with E-state index in [-0.39, 0.29) is 12.3 Å². The van der Waals surface area contributed by atoms with E-state index in [2.05, 4.69) is 26.8 Å². The van der Waals surface area contributed by atoms with Crippen LogP contribution in [0.15, 0.2) is 30.3 Å². The maximum absolute atomic E-state index is 12.7. The number of hydrogen-bond acceptors (Lipinski definition) is 5. The summed E-state index contributed by atoms with van der Waals surface area (Å²) >= 11 is 0. The number of phenols is 1. The van der Waals surface area contributed by atoms with Gasteiger partial charge in [0, 0.05) is 5.92 Å². The van der Waals surface area contributed by atoms with Gasteiger partial charge in [-0.05, 0) is 85.5 Å². The zero-order valence-electron chi connectivity index (χ0n) is 18.6. The molecule has 0 fully saturated rings. The Labute approximate surface area is 179 Å². The summed E-state index contributed by atoms with van der Waals surface area (Å²) in [5.74, 6) is 1.64. The Kier molecular flexibility index (Phi) is 7.28. The van der Waals surface area contributed by atoms with Gasteiger partial charge in [0.15, 0.2) is 6.35 Å². The van der Waals surface area contributed by atoms with E-state index in [0.717, 1.165) is 24.0 Å². The molecule has 0 saturated carbocycles. The van der Waals surface area contributed by atoms with Crippen molar-refractivity contribution in [3.8, 4) is 11.5 Å². The van der Waals surface area contributed by atoms with Crippen molar-refractivity contribution in [2.45, 2.75) is 59.3 Å². The molecule has 0 unspecified atom stereocenters. The Hall–Kier alpha value is -1.81. The minimum absolute atomic E-state index is 0.0912. The van der Waals surface area contributed by atoms with Gasteiger partial charge >= 0.3 is 7.60 Å². The fourth-order valence-corrected chi connectivity index (χ4v) is 5.63. The minimum Gasteiger partial charge on any atom is -0.508 e. The van der Waals surface area contributed by atoms with Crippen LogP contribution in [0.5, 0.6) is 11.5 Å². The number of aromatic hydroxyl groups is 1. The molecule has 0 spiro atoms. The number of rotatable bonds is 9. The maximum atomic E-state index is 12.7. The highest BCUT2D eigenvalue weighted by molar-refractivity contribution is 7.53. The van der Waals surface area contributed by atoms with Gasteiger partial charge in [-0.1, -0.05) is 26.0 Å². The third-order valence-electron chi connectivity index (χ3n) is 5.61. The molecule has 1 aliphatic rings. The normalized spacial score (nSPS) is 16.1. The third kappa shape index (κ3) is 4.91. The lowest BCUT2D eigenvalue weighted by Crippen LogP contribution is -2.06. The molecule has 0 aliphatic heterocycles. The predicted molar refractivity (Wildman–Crippen MR) is 120 cm³/mol. The first-order valence-electron chi connectivity index (χ1n) is 10.7. The predicted octanol–water partition coefficient (Wildman–Crippen LogP) is 6.50. The molecular formula is C24H33O5P. The first-order valence-corrected chi connectivity index (χ1v) is 12.5. The van der Waals surface area contributed by atoms with E-state index < -0.39 is 7.60 Å². The first-order chi connectivity index (χ1) is 14.3. The summed E-state index contributed by atoms with van der Waals surface area (Å²) in [6.45, 7) is 10.5. The maximum Gasteiger partial charge on any atom is 0.367 e. The number of fused-ring (bicyclic) bond motifs is 1. The van der Waals surface area contributed by atoms with Crippen LogP contribution in [0.1, 0.15) is 73.8 Å². The lowest BCUT2D eigenvalue weighted by Gasteiger charge is -2.20. The molecule has 0 amide bonds. The van der Waals surface area contributed by atoms with Crippen LogP contribution in [0.25, 0.3) is 0 Å². The topological polar surface area (TPSA) is 65.0 Å². The Morgan fingerprint density at radius 3 is 2.47 bits per heavy atom. The van der Waals surface area contributed by atoms with Gasteiger partial charge in [0.05, 0.1) is 13.2 Å². The molecule has 1 atom stereocenters. The largest absolute Gasteiger partial charge is 0.508 e. The second kappa shape index (κ2) is 9.55.